The molecule has 1 atom stereocenters. The highest BCUT2D eigenvalue weighted by Crippen LogP contribution is 2.48. The van der Waals surface area contributed by atoms with Crippen molar-refractivity contribution in [2.24, 2.45) is 5.92 Å². The minimum atomic E-state index is -0.650. The fourth-order valence-corrected chi connectivity index (χ4v) is 4.22. The molecule has 0 unspecified atom stereocenters. The van der Waals surface area contributed by atoms with E-state index in [1.807, 2.05) is 26.0 Å². The molecule has 2 aromatic carbocycles. The maximum absolute atomic E-state index is 13.2. The lowest BCUT2D eigenvalue weighted by molar-refractivity contribution is -0.145. The molecule has 0 N–H and O–H groups in total. The Bertz CT molecular complexity index is 1150. The van der Waals surface area contributed by atoms with Gasteiger partial charge in [-0.25, -0.2) is 4.79 Å². The zero-order valence-corrected chi connectivity index (χ0v) is 21.9. The normalized spacial score (nSPS) is 14.1. The summed E-state index contributed by atoms with van der Waals surface area (Å²) in [4.78, 5) is 26.1. The van der Waals surface area contributed by atoms with Gasteiger partial charge in [-0.3, -0.25) is 4.79 Å². The standard InChI is InChI=1S/C28H34O8/c1-8-35-28(30)22-9-17-10-23(31-4)24(32-5)11-18(17)19-12-25(33-6)26(34-7)13-20(19)21(22)14-27(29)36-15-16(2)3/h9-13,16,21H,8,14-15H2,1-7H3/t21-/m1/s1. The number of methoxy groups -OCH3 is 4. The van der Waals surface area contributed by atoms with Gasteiger partial charge in [0.25, 0.3) is 0 Å². The Hall–Kier alpha value is -3.68. The van der Waals surface area contributed by atoms with Crippen LogP contribution in [0.25, 0.3) is 17.2 Å². The smallest absolute Gasteiger partial charge is 0.334 e. The van der Waals surface area contributed by atoms with Gasteiger partial charge >= 0.3 is 11.9 Å². The van der Waals surface area contributed by atoms with E-state index in [1.165, 1.54) is 7.11 Å². The average molecular weight is 499 g/mol. The summed E-state index contributed by atoms with van der Waals surface area (Å²) in [5.74, 6) is 0.632. The summed E-state index contributed by atoms with van der Waals surface area (Å²) in [7, 11) is 6.20. The molecule has 0 bridgehead atoms. The lowest BCUT2D eigenvalue weighted by atomic mass is 9.85. The largest absolute Gasteiger partial charge is 0.493 e. The van der Waals surface area contributed by atoms with Gasteiger partial charge in [-0.1, -0.05) is 13.8 Å². The van der Waals surface area contributed by atoms with Crippen LogP contribution in [0, 0.1) is 5.92 Å². The summed E-state index contributed by atoms with van der Waals surface area (Å²) in [5.41, 5.74) is 3.30. The second-order valence-corrected chi connectivity index (χ2v) is 8.74. The Labute approximate surface area is 212 Å². The van der Waals surface area contributed by atoms with Gasteiger partial charge in [0.1, 0.15) is 0 Å². The molecule has 194 valence electrons. The zero-order valence-electron chi connectivity index (χ0n) is 21.9. The molecule has 1 aliphatic rings. The molecule has 0 aliphatic heterocycles. The molecule has 0 amide bonds. The van der Waals surface area contributed by atoms with Crippen LogP contribution in [0.2, 0.25) is 0 Å². The molecule has 8 nitrogen and oxygen atoms in total. The molecule has 0 spiro atoms. The summed E-state index contributed by atoms with van der Waals surface area (Å²) in [5, 5.41) is 0. The van der Waals surface area contributed by atoms with Crippen LogP contribution in [0.1, 0.15) is 44.2 Å². The van der Waals surface area contributed by atoms with Crippen LogP contribution in [0.5, 0.6) is 23.0 Å². The summed E-state index contributed by atoms with van der Waals surface area (Å²) < 4.78 is 33.1. The van der Waals surface area contributed by atoms with Gasteiger partial charge in [-0.05, 0) is 65.4 Å². The van der Waals surface area contributed by atoms with E-state index in [1.54, 1.807) is 46.5 Å². The van der Waals surface area contributed by atoms with Gasteiger partial charge in [0.05, 0.1) is 48.1 Å². The number of fused-ring (bicyclic) bond motifs is 3. The van der Waals surface area contributed by atoms with Crippen molar-refractivity contribution < 1.29 is 38.0 Å². The second kappa shape index (κ2) is 11.8. The van der Waals surface area contributed by atoms with E-state index in [9.17, 15) is 9.59 Å². The van der Waals surface area contributed by atoms with Gasteiger partial charge in [-0.15, -0.1) is 0 Å². The molecule has 1 aliphatic carbocycles. The maximum atomic E-state index is 13.2. The Kier molecular flexibility index (Phi) is 8.85. The highest BCUT2D eigenvalue weighted by molar-refractivity contribution is 6.00. The minimum absolute atomic E-state index is 0.0535. The first kappa shape index (κ1) is 26.9. The molecule has 36 heavy (non-hydrogen) atoms. The van der Waals surface area contributed by atoms with Crippen molar-refractivity contribution in [1.29, 1.82) is 0 Å². The minimum Gasteiger partial charge on any atom is -0.493 e. The Morgan fingerprint density at radius 3 is 1.92 bits per heavy atom. The highest BCUT2D eigenvalue weighted by atomic mass is 16.5. The number of hydrogen-bond donors (Lipinski definition) is 0. The third-order valence-corrected chi connectivity index (χ3v) is 5.92. The molecule has 0 fully saturated rings. The number of rotatable bonds is 10. The van der Waals surface area contributed by atoms with Gasteiger partial charge in [0.15, 0.2) is 23.0 Å². The van der Waals surface area contributed by atoms with Crippen molar-refractivity contribution in [2.45, 2.75) is 33.1 Å². The fourth-order valence-electron chi connectivity index (χ4n) is 4.22. The summed E-state index contributed by atoms with van der Waals surface area (Å²) >= 11 is 0. The van der Waals surface area contributed by atoms with Gasteiger partial charge < -0.3 is 28.4 Å². The highest BCUT2D eigenvalue weighted by Gasteiger charge is 2.34. The molecule has 0 heterocycles. The molecule has 0 radical (unpaired) electrons. The van der Waals surface area contributed by atoms with E-state index < -0.39 is 17.9 Å². The summed E-state index contributed by atoms with van der Waals surface area (Å²) in [6.07, 6.45) is 1.69. The van der Waals surface area contributed by atoms with Gasteiger partial charge in [0.2, 0.25) is 0 Å². The number of hydrogen-bond acceptors (Lipinski definition) is 8. The molecule has 3 rings (SSSR count). The first-order chi connectivity index (χ1) is 17.3. The van der Waals surface area contributed by atoms with E-state index in [4.69, 9.17) is 28.4 Å². The van der Waals surface area contributed by atoms with Crippen molar-refractivity contribution in [3.8, 4) is 34.1 Å². The average Bonchev–Trinajstić information content (AvgIpc) is 3.00. The number of carbonyl (C=O) groups excluding carboxylic acids is 2. The predicted octanol–water partition coefficient (Wildman–Crippen LogP) is 5.02. The summed E-state index contributed by atoms with van der Waals surface area (Å²) in [6, 6.07) is 7.28. The topological polar surface area (TPSA) is 89.5 Å². The quantitative estimate of drug-likeness (QED) is 0.422. The third kappa shape index (κ3) is 5.58. The van der Waals surface area contributed by atoms with Crippen LogP contribution in [0.15, 0.2) is 29.8 Å². The lowest BCUT2D eigenvalue weighted by Crippen LogP contribution is -2.20. The number of carbonyl (C=O) groups is 2. The van der Waals surface area contributed by atoms with Crippen molar-refractivity contribution in [3.63, 3.8) is 0 Å². The lowest BCUT2D eigenvalue weighted by Gasteiger charge is -2.22. The van der Waals surface area contributed by atoms with Crippen molar-refractivity contribution in [1.82, 2.24) is 0 Å². The Morgan fingerprint density at radius 1 is 0.806 bits per heavy atom. The van der Waals surface area contributed by atoms with Gasteiger partial charge in [-0.2, -0.15) is 0 Å². The van der Waals surface area contributed by atoms with Crippen LogP contribution in [0.4, 0.5) is 0 Å². The van der Waals surface area contributed by atoms with Crippen LogP contribution in [-0.4, -0.2) is 53.6 Å². The molecule has 8 heteroatoms. The molecule has 0 saturated carbocycles. The van der Waals surface area contributed by atoms with Gasteiger partial charge in [0, 0.05) is 11.5 Å². The number of esters is 2. The SMILES string of the molecule is CCOC(=O)C1=Cc2cc(OC)c(OC)cc2-c2cc(OC)c(OC)cc2[C@H]1CC(=O)OCC(C)C. The maximum Gasteiger partial charge on any atom is 0.334 e. The number of benzene rings is 2. The fraction of sp³-hybridized carbons (Fsp3) is 0.429. The van der Waals surface area contributed by atoms with E-state index in [0.29, 0.717) is 39.7 Å². The van der Waals surface area contributed by atoms with E-state index >= 15 is 0 Å². The Balaban J connectivity index is 2.32. The van der Waals surface area contributed by atoms with E-state index in [0.717, 1.165) is 11.1 Å². The monoisotopic (exact) mass is 498 g/mol. The van der Waals surface area contributed by atoms with E-state index in [2.05, 4.69) is 0 Å². The van der Waals surface area contributed by atoms with Crippen molar-refractivity contribution >= 4 is 18.0 Å². The molecule has 0 saturated heterocycles. The van der Waals surface area contributed by atoms with Crippen LogP contribution in [0.3, 0.4) is 0 Å². The van der Waals surface area contributed by atoms with Crippen molar-refractivity contribution in [3.05, 3.63) is 41.0 Å². The van der Waals surface area contributed by atoms with Crippen LogP contribution < -0.4 is 18.9 Å². The molecule has 2 aromatic rings. The number of ether oxygens (including phenoxy) is 6. The van der Waals surface area contributed by atoms with E-state index in [-0.39, 0.29) is 25.6 Å². The molecular weight excluding hydrogens is 464 g/mol. The molecule has 0 aromatic heterocycles. The van der Waals surface area contributed by atoms with Crippen LogP contribution in [-0.2, 0) is 19.1 Å². The third-order valence-electron chi connectivity index (χ3n) is 5.92. The summed E-state index contributed by atoms with van der Waals surface area (Å²) in [6.45, 7) is 6.15. The predicted molar refractivity (Wildman–Crippen MR) is 136 cm³/mol. The zero-order chi connectivity index (χ0) is 26.4. The Morgan fingerprint density at radius 2 is 1.36 bits per heavy atom. The van der Waals surface area contributed by atoms with Crippen molar-refractivity contribution in [2.75, 3.05) is 41.7 Å². The van der Waals surface area contributed by atoms with Crippen LogP contribution >= 0.6 is 0 Å². The second-order valence-electron chi connectivity index (χ2n) is 8.74. The first-order valence-corrected chi connectivity index (χ1v) is 11.8. The first-order valence-electron chi connectivity index (χ1n) is 11.8. The molecular formula is C28H34O8.